The lowest BCUT2D eigenvalue weighted by molar-refractivity contribution is 0.0954. The zero-order chi connectivity index (χ0) is 13.7. The highest BCUT2D eigenvalue weighted by molar-refractivity contribution is 7.11. The van der Waals surface area contributed by atoms with Crippen molar-refractivity contribution in [2.75, 3.05) is 6.54 Å². The molecule has 0 spiro atoms. The average Bonchev–Trinajstić information content (AvgIpc) is 2.80. The van der Waals surface area contributed by atoms with Crippen LogP contribution in [0, 0.1) is 6.92 Å². The van der Waals surface area contributed by atoms with E-state index >= 15 is 0 Å². The number of aryl methyl sites for hydroxylation is 2. The van der Waals surface area contributed by atoms with Crippen LogP contribution in [0.2, 0.25) is 0 Å². The predicted molar refractivity (Wildman–Crippen MR) is 78.7 cm³/mol. The van der Waals surface area contributed by atoms with Crippen molar-refractivity contribution in [2.24, 2.45) is 0 Å². The highest BCUT2D eigenvalue weighted by atomic mass is 32.1. The molecule has 0 aliphatic heterocycles. The largest absolute Gasteiger partial charge is 0.352 e. The molecule has 0 saturated heterocycles. The van der Waals surface area contributed by atoms with Gasteiger partial charge < -0.3 is 5.32 Å². The van der Waals surface area contributed by atoms with E-state index in [0.29, 0.717) is 12.1 Å². The summed E-state index contributed by atoms with van der Waals surface area (Å²) in [5, 5.41) is 4.02. The lowest BCUT2D eigenvalue weighted by Gasteiger charge is -2.03. The van der Waals surface area contributed by atoms with Crippen LogP contribution in [0.1, 0.15) is 32.9 Å². The Morgan fingerprint density at radius 2 is 2.05 bits per heavy atom. The van der Waals surface area contributed by atoms with E-state index in [-0.39, 0.29) is 5.91 Å². The molecule has 19 heavy (non-hydrogen) atoms. The average molecular weight is 274 g/mol. The summed E-state index contributed by atoms with van der Waals surface area (Å²) < 4.78 is 0. The molecule has 1 N–H and O–H groups in total. The van der Waals surface area contributed by atoms with Gasteiger partial charge in [0.15, 0.2) is 0 Å². The van der Waals surface area contributed by atoms with Crippen molar-refractivity contribution in [3.63, 3.8) is 0 Å². The number of benzene rings is 1. The van der Waals surface area contributed by atoms with E-state index < -0.39 is 0 Å². The van der Waals surface area contributed by atoms with Crippen molar-refractivity contribution in [2.45, 2.75) is 26.7 Å². The fraction of sp³-hybridized carbons (Fsp3) is 0.333. The maximum Gasteiger partial charge on any atom is 0.251 e. The van der Waals surface area contributed by atoms with Gasteiger partial charge in [-0.2, -0.15) is 0 Å². The highest BCUT2D eigenvalue weighted by Crippen LogP contribution is 2.17. The SMILES string of the molecule is CCc1nc(CCNC(=O)c2ccccc2)sc1C. The number of hydrogen-bond donors (Lipinski definition) is 1. The Kier molecular flexibility index (Phi) is 4.68. The molecule has 1 heterocycles. The number of carbonyl (C=O) groups is 1. The lowest BCUT2D eigenvalue weighted by Crippen LogP contribution is -2.25. The molecule has 1 amide bonds. The number of aromatic nitrogens is 1. The van der Waals surface area contributed by atoms with Crippen LogP contribution in [-0.4, -0.2) is 17.4 Å². The number of thiazole rings is 1. The molecule has 0 fully saturated rings. The Morgan fingerprint density at radius 3 is 2.68 bits per heavy atom. The molecule has 0 atom stereocenters. The smallest absolute Gasteiger partial charge is 0.251 e. The molecule has 0 unspecified atom stereocenters. The summed E-state index contributed by atoms with van der Waals surface area (Å²) in [5.41, 5.74) is 1.88. The van der Waals surface area contributed by atoms with Gasteiger partial charge in [0.2, 0.25) is 0 Å². The molecule has 3 nitrogen and oxygen atoms in total. The van der Waals surface area contributed by atoms with Crippen LogP contribution in [0.25, 0.3) is 0 Å². The molecule has 1 aromatic carbocycles. The van der Waals surface area contributed by atoms with Crippen LogP contribution in [0.3, 0.4) is 0 Å². The molecule has 100 valence electrons. The first-order chi connectivity index (χ1) is 9.20. The monoisotopic (exact) mass is 274 g/mol. The summed E-state index contributed by atoms with van der Waals surface area (Å²) in [5.74, 6) is -0.0235. The van der Waals surface area contributed by atoms with Gasteiger partial charge in [0.25, 0.3) is 5.91 Å². The molecule has 0 aliphatic rings. The first-order valence-electron chi connectivity index (χ1n) is 6.49. The Bertz CT molecular complexity index is 549. The summed E-state index contributed by atoms with van der Waals surface area (Å²) in [6, 6.07) is 9.27. The first kappa shape index (κ1) is 13.7. The molecule has 2 rings (SSSR count). The fourth-order valence-corrected chi connectivity index (χ4v) is 2.92. The fourth-order valence-electron chi connectivity index (χ4n) is 1.90. The Morgan fingerprint density at radius 1 is 1.32 bits per heavy atom. The van der Waals surface area contributed by atoms with Crippen LogP contribution in [-0.2, 0) is 12.8 Å². The van der Waals surface area contributed by atoms with Crippen LogP contribution in [0.4, 0.5) is 0 Å². The molecular weight excluding hydrogens is 256 g/mol. The third kappa shape index (κ3) is 3.64. The number of rotatable bonds is 5. The van der Waals surface area contributed by atoms with E-state index in [0.717, 1.165) is 17.8 Å². The van der Waals surface area contributed by atoms with E-state index in [1.165, 1.54) is 10.6 Å². The summed E-state index contributed by atoms with van der Waals surface area (Å²) in [7, 11) is 0. The van der Waals surface area contributed by atoms with Gasteiger partial charge in [0.05, 0.1) is 10.7 Å². The van der Waals surface area contributed by atoms with E-state index in [1.807, 2.05) is 30.3 Å². The normalized spacial score (nSPS) is 10.4. The predicted octanol–water partition coefficient (Wildman–Crippen LogP) is 2.99. The topological polar surface area (TPSA) is 42.0 Å². The van der Waals surface area contributed by atoms with Gasteiger partial charge >= 0.3 is 0 Å². The van der Waals surface area contributed by atoms with Crippen LogP contribution >= 0.6 is 11.3 Å². The number of hydrogen-bond acceptors (Lipinski definition) is 3. The second-order valence-corrected chi connectivity index (χ2v) is 5.62. The number of carbonyl (C=O) groups excluding carboxylic acids is 1. The van der Waals surface area contributed by atoms with Crippen molar-refractivity contribution < 1.29 is 4.79 Å². The molecule has 0 bridgehead atoms. The van der Waals surface area contributed by atoms with Gasteiger partial charge in [-0.25, -0.2) is 4.98 Å². The van der Waals surface area contributed by atoms with E-state index in [4.69, 9.17) is 0 Å². The summed E-state index contributed by atoms with van der Waals surface area (Å²) in [4.78, 5) is 17.7. The maximum absolute atomic E-state index is 11.8. The van der Waals surface area contributed by atoms with Crippen molar-refractivity contribution in [1.82, 2.24) is 10.3 Å². The van der Waals surface area contributed by atoms with Crippen molar-refractivity contribution in [1.29, 1.82) is 0 Å². The minimum atomic E-state index is -0.0235. The van der Waals surface area contributed by atoms with Crippen LogP contribution in [0.15, 0.2) is 30.3 Å². The van der Waals surface area contributed by atoms with Gasteiger partial charge in [-0.05, 0) is 25.5 Å². The Labute approximate surface area is 117 Å². The van der Waals surface area contributed by atoms with E-state index in [9.17, 15) is 4.79 Å². The zero-order valence-electron chi connectivity index (χ0n) is 11.3. The molecule has 2 aromatic rings. The second kappa shape index (κ2) is 6.48. The van der Waals surface area contributed by atoms with Crippen LogP contribution in [0.5, 0.6) is 0 Å². The third-order valence-corrected chi connectivity index (χ3v) is 4.01. The number of nitrogens with one attached hydrogen (secondary N) is 1. The van der Waals surface area contributed by atoms with Gasteiger partial charge in [0, 0.05) is 23.4 Å². The molecule has 4 heteroatoms. The van der Waals surface area contributed by atoms with E-state index in [1.54, 1.807) is 11.3 Å². The highest BCUT2D eigenvalue weighted by Gasteiger charge is 2.07. The zero-order valence-corrected chi connectivity index (χ0v) is 12.1. The van der Waals surface area contributed by atoms with Crippen molar-refractivity contribution in [3.05, 3.63) is 51.5 Å². The Balaban J connectivity index is 1.85. The van der Waals surface area contributed by atoms with Gasteiger partial charge in [0.1, 0.15) is 0 Å². The molecule has 1 aromatic heterocycles. The summed E-state index contributed by atoms with van der Waals surface area (Å²) >= 11 is 1.72. The maximum atomic E-state index is 11.8. The number of amides is 1. The Hall–Kier alpha value is -1.68. The standard InChI is InChI=1S/C15H18N2OS/c1-3-13-11(2)19-14(17-13)9-10-16-15(18)12-7-5-4-6-8-12/h4-8H,3,9-10H2,1-2H3,(H,16,18). The summed E-state index contributed by atoms with van der Waals surface area (Å²) in [6.45, 7) is 4.84. The minimum Gasteiger partial charge on any atom is -0.352 e. The molecule has 0 saturated carbocycles. The molecule has 0 radical (unpaired) electrons. The summed E-state index contributed by atoms with van der Waals surface area (Å²) in [6.07, 6.45) is 1.77. The van der Waals surface area contributed by atoms with Gasteiger partial charge in [-0.1, -0.05) is 25.1 Å². The molecular formula is C15H18N2OS. The molecule has 0 aliphatic carbocycles. The van der Waals surface area contributed by atoms with Crippen molar-refractivity contribution in [3.8, 4) is 0 Å². The quantitative estimate of drug-likeness (QED) is 0.910. The minimum absolute atomic E-state index is 0.0235. The first-order valence-corrected chi connectivity index (χ1v) is 7.30. The number of nitrogens with zero attached hydrogens (tertiary/aromatic N) is 1. The van der Waals surface area contributed by atoms with Gasteiger partial charge in [-0.15, -0.1) is 11.3 Å². The van der Waals surface area contributed by atoms with E-state index in [2.05, 4.69) is 24.1 Å². The third-order valence-electron chi connectivity index (χ3n) is 2.93. The second-order valence-electron chi connectivity index (χ2n) is 4.34. The van der Waals surface area contributed by atoms with Gasteiger partial charge in [-0.3, -0.25) is 4.79 Å². The van der Waals surface area contributed by atoms with Crippen LogP contribution < -0.4 is 5.32 Å². The van der Waals surface area contributed by atoms with Crippen molar-refractivity contribution >= 4 is 17.2 Å². The lowest BCUT2D eigenvalue weighted by atomic mass is 10.2.